The van der Waals surface area contributed by atoms with E-state index < -0.39 is 0 Å². The highest BCUT2D eigenvalue weighted by Crippen LogP contribution is 2.21. The van der Waals surface area contributed by atoms with E-state index in [9.17, 15) is 4.79 Å². The molecule has 2 aromatic carbocycles. The minimum Gasteiger partial charge on any atom is -0.336 e. The molecule has 20 heavy (non-hydrogen) atoms. The number of amides is 2. The Kier molecular flexibility index (Phi) is 5.44. The maximum atomic E-state index is 11.8. The standard InChI is InChI=1S/C15H14BrClN2O/c16-14(11-4-2-1-3-5-11)10-18-15(20)19-13-8-6-12(17)7-9-13/h1-9,14H,10H2,(H2,18,19,20). The lowest BCUT2D eigenvalue weighted by atomic mass is 10.1. The highest BCUT2D eigenvalue weighted by Gasteiger charge is 2.08. The molecule has 0 bridgehead atoms. The first-order chi connectivity index (χ1) is 9.65. The first-order valence-electron chi connectivity index (χ1n) is 6.14. The van der Waals surface area contributed by atoms with Gasteiger partial charge in [-0.1, -0.05) is 57.9 Å². The van der Waals surface area contributed by atoms with E-state index in [0.29, 0.717) is 17.3 Å². The molecule has 0 fully saturated rings. The zero-order valence-corrected chi connectivity index (χ0v) is 13.0. The Labute approximate surface area is 131 Å². The monoisotopic (exact) mass is 352 g/mol. The van der Waals surface area contributed by atoms with Crippen LogP contribution in [0.2, 0.25) is 5.02 Å². The SMILES string of the molecule is O=C(NCC(Br)c1ccccc1)Nc1ccc(Cl)cc1. The van der Waals surface area contributed by atoms with Crippen LogP contribution in [0.4, 0.5) is 10.5 Å². The van der Waals surface area contributed by atoms with Crippen LogP contribution in [0.5, 0.6) is 0 Å². The van der Waals surface area contributed by atoms with Crippen LogP contribution in [0.1, 0.15) is 10.4 Å². The minimum atomic E-state index is -0.243. The number of urea groups is 1. The molecular formula is C15H14BrClN2O. The Morgan fingerprint density at radius 1 is 1.10 bits per heavy atom. The van der Waals surface area contributed by atoms with Crippen LogP contribution in [0.3, 0.4) is 0 Å². The van der Waals surface area contributed by atoms with Gasteiger partial charge < -0.3 is 10.6 Å². The van der Waals surface area contributed by atoms with Crippen molar-refractivity contribution in [3.8, 4) is 0 Å². The Morgan fingerprint density at radius 3 is 2.40 bits per heavy atom. The third-order valence-corrected chi connectivity index (χ3v) is 3.81. The maximum absolute atomic E-state index is 11.8. The van der Waals surface area contributed by atoms with Gasteiger partial charge in [-0.25, -0.2) is 4.79 Å². The quantitative estimate of drug-likeness (QED) is 0.775. The van der Waals surface area contributed by atoms with Gasteiger partial charge in [0.15, 0.2) is 0 Å². The summed E-state index contributed by atoms with van der Waals surface area (Å²) in [6, 6.07) is 16.7. The fourth-order valence-corrected chi connectivity index (χ4v) is 2.26. The molecule has 0 aliphatic heterocycles. The van der Waals surface area contributed by atoms with Crippen molar-refractivity contribution in [2.24, 2.45) is 0 Å². The average Bonchev–Trinajstić information content (AvgIpc) is 2.48. The van der Waals surface area contributed by atoms with Crippen molar-refractivity contribution in [2.75, 3.05) is 11.9 Å². The van der Waals surface area contributed by atoms with Gasteiger partial charge in [0.2, 0.25) is 0 Å². The number of carbonyl (C=O) groups is 1. The molecule has 2 amide bonds. The topological polar surface area (TPSA) is 41.1 Å². The average molecular weight is 354 g/mol. The van der Waals surface area contributed by atoms with Gasteiger partial charge >= 0.3 is 6.03 Å². The summed E-state index contributed by atoms with van der Waals surface area (Å²) >= 11 is 9.33. The lowest BCUT2D eigenvalue weighted by Gasteiger charge is -2.12. The number of halogens is 2. The summed E-state index contributed by atoms with van der Waals surface area (Å²) in [6.07, 6.45) is 0. The molecule has 1 atom stereocenters. The summed E-state index contributed by atoms with van der Waals surface area (Å²) in [5, 5.41) is 6.20. The smallest absolute Gasteiger partial charge is 0.319 e. The van der Waals surface area contributed by atoms with E-state index in [1.165, 1.54) is 0 Å². The van der Waals surface area contributed by atoms with E-state index in [1.54, 1.807) is 24.3 Å². The second-order valence-electron chi connectivity index (χ2n) is 4.22. The van der Waals surface area contributed by atoms with Crippen molar-refractivity contribution in [1.82, 2.24) is 5.32 Å². The van der Waals surface area contributed by atoms with E-state index >= 15 is 0 Å². The summed E-state index contributed by atoms with van der Waals surface area (Å²) in [5.41, 5.74) is 1.83. The Morgan fingerprint density at radius 2 is 1.75 bits per heavy atom. The first-order valence-corrected chi connectivity index (χ1v) is 7.44. The predicted octanol–water partition coefficient (Wildman–Crippen LogP) is 4.60. The van der Waals surface area contributed by atoms with E-state index in [2.05, 4.69) is 26.6 Å². The number of nitrogens with one attached hydrogen (secondary N) is 2. The molecule has 2 aromatic rings. The molecule has 0 saturated heterocycles. The number of hydrogen-bond donors (Lipinski definition) is 2. The van der Waals surface area contributed by atoms with Gasteiger partial charge in [0, 0.05) is 17.3 Å². The van der Waals surface area contributed by atoms with E-state index in [4.69, 9.17) is 11.6 Å². The molecule has 3 nitrogen and oxygen atoms in total. The van der Waals surface area contributed by atoms with Gasteiger partial charge in [0.05, 0.1) is 4.83 Å². The molecule has 0 aliphatic rings. The minimum absolute atomic E-state index is 0.0830. The van der Waals surface area contributed by atoms with Crippen LogP contribution in [0, 0.1) is 0 Å². The van der Waals surface area contributed by atoms with Gasteiger partial charge in [-0.15, -0.1) is 0 Å². The van der Waals surface area contributed by atoms with Crippen LogP contribution in [-0.4, -0.2) is 12.6 Å². The molecular weight excluding hydrogens is 340 g/mol. The summed E-state index contributed by atoms with van der Waals surface area (Å²) in [5.74, 6) is 0. The second-order valence-corrected chi connectivity index (χ2v) is 5.76. The molecule has 0 spiro atoms. The van der Waals surface area contributed by atoms with Gasteiger partial charge in [0.1, 0.15) is 0 Å². The molecule has 5 heteroatoms. The Bertz CT molecular complexity index is 560. The van der Waals surface area contributed by atoms with Crippen molar-refractivity contribution in [1.29, 1.82) is 0 Å². The Balaban J connectivity index is 1.82. The third-order valence-electron chi connectivity index (χ3n) is 2.71. The summed E-state index contributed by atoms with van der Waals surface area (Å²) in [6.45, 7) is 0.503. The number of alkyl halides is 1. The summed E-state index contributed by atoms with van der Waals surface area (Å²) < 4.78 is 0. The van der Waals surface area contributed by atoms with Gasteiger partial charge in [-0.2, -0.15) is 0 Å². The van der Waals surface area contributed by atoms with Crippen molar-refractivity contribution in [3.63, 3.8) is 0 Å². The van der Waals surface area contributed by atoms with E-state index in [1.807, 2.05) is 30.3 Å². The van der Waals surface area contributed by atoms with Gasteiger partial charge in [-0.05, 0) is 29.8 Å². The first kappa shape index (κ1) is 14.9. The number of benzene rings is 2. The van der Waals surface area contributed by atoms with Crippen LogP contribution < -0.4 is 10.6 Å². The lowest BCUT2D eigenvalue weighted by Crippen LogP contribution is -2.31. The van der Waals surface area contributed by atoms with E-state index in [-0.39, 0.29) is 10.9 Å². The van der Waals surface area contributed by atoms with Crippen molar-refractivity contribution >= 4 is 39.2 Å². The maximum Gasteiger partial charge on any atom is 0.319 e. The molecule has 0 aliphatic carbocycles. The van der Waals surface area contributed by atoms with Crippen LogP contribution >= 0.6 is 27.5 Å². The predicted molar refractivity (Wildman–Crippen MR) is 86.6 cm³/mol. The molecule has 0 heterocycles. The molecule has 104 valence electrons. The zero-order valence-electron chi connectivity index (χ0n) is 10.6. The van der Waals surface area contributed by atoms with Crippen molar-refractivity contribution < 1.29 is 4.79 Å². The highest BCUT2D eigenvalue weighted by molar-refractivity contribution is 9.09. The molecule has 0 aromatic heterocycles. The summed E-state index contributed by atoms with van der Waals surface area (Å²) in [4.78, 5) is 11.8. The fourth-order valence-electron chi connectivity index (χ4n) is 1.67. The van der Waals surface area contributed by atoms with Gasteiger partial charge in [0.25, 0.3) is 0 Å². The largest absolute Gasteiger partial charge is 0.336 e. The molecule has 0 radical (unpaired) electrons. The number of carbonyl (C=O) groups excluding carboxylic acids is 1. The fraction of sp³-hybridized carbons (Fsp3) is 0.133. The van der Waals surface area contributed by atoms with Crippen molar-refractivity contribution in [2.45, 2.75) is 4.83 Å². The highest BCUT2D eigenvalue weighted by atomic mass is 79.9. The number of hydrogen-bond acceptors (Lipinski definition) is 1. The van der Waals surface area contributed by atoms with Gasteiger partial charge in [-0.3, -0.25) is 0 Å². The molecule has 1 unspecified atom stereocenters. The van der Waals surface area contributed by atoms with Crippen LogP contribution in [0.15, 0.2) is 54.6 Å². The third kappa shape index (κ3) is 4.54. The van der Waals surface area contributed by atoms with Crippen LogP contribution in [0.25, 0.3) is 0 Å². The zero-order chi connectivity index (χ0) is 14.4. The lowest BCUT2D eigenvalue weighted by molar-refractivity contribution is 0.252. The number of anilines is 1. The second kappa shape index (κ2) is 7.31. The van der Waals surface area contributed by atoms with Crippen molar-refractivity contribution in [3.05, 3.63) is 65.2 Å². The molecule has 2 rings (SSSR count). The molecule has 0 saturated carbocycles. The molecule has 2 N–H and O–H groups in total. The van der Waals surface area contributed by atoms with E-state index in [0.717, 1.165) is 5.56 Å². The Hall–Kier alpha value is -1.52. The van der Waals surface area contributed by atoms with Crippen LogP contribution in [-0.2, 0) is 0 Å². The normalized spacial score (nSPS) is 11.7. The number of rotatable bonds is 4. The summed E-state index contributed by atoms with van der Waals surface area (Å²) in [7, 11) is 0.